The second-order valence-corrected chi connectivity index (χ2v) is 5.30. The third-order valence-electron chi connectivity index (χ3n) is 3.84. The van der Waals surface area contributed by atoms with E-state index in [1.165, 1.54) is 12.8 Å². The van der Waals surface area contributed by atoms with Gasteiger partial charge in [0.25, 0.3) is 0 Å². The maximum atomic E-state index is 11.9. The van der Waals surface area contributed by atoms with E-state index in [-0.39, 0.29) is 11.9 Å². The molecule has 1 heterocycles. The number of carbonyl (C=O) groups excluding carboxylic acids is 1. The number of likely N-dealkylation sites (N-methyl/N-ethyl adjacent to an activating group) is 1. The number of carbonyl (C=O) groups is 1. The molecule has 19 heavy (non-hydrogen) atoms. The third-order valence-corrected chi connectivity index (χ3v) is 3.84. The minimum atomic E-state index is -0.220. The summed E-state index contributed by atoms with van der Waals surface area (Å²) in [5.74, 6) is 0.0386. The van der Waals surface area contributed by atoms with Gasteiger partial charge in [0.2, 0.25) is 5.91 Å². The predicted molar refractivity (Wildman–Crippen MR) is 76.6 cm³/mol. The second-order valence-electron chi connectivity index (χ2n) is 5.30. The van der Waals surface area contributed by atoms with Crippen molar-refractivity contribution in [1.82, 2.24) is 10.2 Å². The van der Waals surface area contributed by atoms with Crippen molar-refractivity contribution in [1.29, 1.82) is 0 Å². The minimum Gasteiger partial charge on any atom is -0.354 e. The molecule has 0 saturated carbocycles. The van der Waals surface area contributed by atoms with Gasteiger partial charge in [-0.25, -0.2) is 0 Å². The molecular formula is C15H23N3O. The molecule has 0 aromatic heterocycles. The summed E-state index contributed by atoms with van der Waals surface area (Å²) in [5.41, 5.74) is 7.05. The fourth-order valence-electron chi connectivity index (χ4n) is 2.56. The van der Waals surface area contributed by atoms with Crippen molar-refractivity contribution >= 4 is 5.91 Å². The Bertz CT molecular complexity index is 407. The lowest BCUT2D eigenvalue weighted by molar-refractivity contribution is -0.121. The van der Waals surface area contributed by atoms with Crippen LogP contribution >= 0.6 is 0 Å². The number of nitrogens with two attached hydrogens (primary N) is 1. The smallest absolute Gasteiger partial charge is 0.221 e. The van der Waals surface area contributed by atoms with Crippen LogP contribution in [0, 0.1) is 0 Å². The molecule has 2 rings (SSSR count). The van der Waals surface area contributed by atoms with Gasteiger partial charge < -0.3 is 16.0 Å². The highest BCUT2D eigenvalue weighted by Gasteiger charge is 2.21. The van der Waals surface area contributed by atoms with E-state index < -0.39 is 0 Å². The number of benzene rings is 1. The summed E-state index contributed by atoms with van der Waals surface area (Å²) in [6.45, 7) is 1.86. The maximum absolute atomic E-state index is 11.9. The van der Waals surface area contributed by atoms with E-state index in [9.17, 15) is 4.79 Å². The van der Waals surface area contributed by atoms with Crippen LogP contribution in [0.4, 0.5) is 0 Å². The molecule has 1 fully saturated rings. The van der Waals surface area contributed by atoms with Crippen molar-refractivity contribution in [3.8, 4) is 0 Å². The Morgan fingerprint density at radius 2 is 2.21 bits per heavy atom. The van der Waals surface area contributed by atoms with Crippen LogP contribution in [0.1, 0.15) is 30.9 Å². The lowest BCUT2D eigenvalue weighted by Gasteiger charge is -2.20. The van der Waals surface area contributed by atoms with Gasteiger partial charge in [-0.3, -0.25) is 4.79 Å². The second kappa shape index (κ2) is 6.68. The van der Waals surface area contributed by atoms with Gasteiger partial charge in [-0.05, 0) is 32.0 Å². The zero-order valence-electron chi connectivity index (χ0n) is 11.5. The van der Waals surface area contributed by atoms with Crippen LogP contribution < -0.4 is 11.1 Å². The Kier molecular flexibility index (Phi) is 4.93. The first kappa shape index (κ1) is 14.0. The average Bonchev–Trinajstić information content (AvgIpc) is 2.83. The Hall–Kier alpha value is -1.39. The van der Waals surface area contributed by atoms with Crippen LogP contribution in [0.3, 0.4) is 0 Å². The fraction of sp³-hybridized carbons (Fsp3) is 0.533. The summed E-state index contributed by atoms with van der Waals surface area (Å²) in [6, 6.07) is 10.0. The summed E-state index contributed by atoms with van der Waals surface area (Å²) in [7, 11) is 2.11. The van der Waals surface area contributed by atoms with Crippen LogP contribution in [0.2, 0.25) is 0 Å². The van der Waals surface area contributed by atoms with Crippen LogP contribution in [0.15, 0.2) is 30.3 Å². The lowest BCUT2D eigenvalue weighted by atomic mass is 10.0. The Morgan fingerprint density at radius 3 is 2.84 bits per heavy atom. The average molecular weight is 261 g/mol. The lowest BCUT2D eigenvalue weighted by Crippen LogP contribution is -2.39. The number of amides is 1. The highest BCUT2D eigenvalue weighted by Crippen LogP contribution is 2.15. The number of rotatable bonds is 5. The van der Waals surface area contributed by atoms with Crippen molar-refractivity contribution in [3.05, 3.63) is 35.9 Å². The van der Waals surface area contributed by atoms with Gasteiger partial charge in [0.05, 0.1) is 0 Å². The van der Waals surface area contributed by atoms with E-state index >= 15 is 0 Å². The van der Waals surface area contributed by atoms with Crippen molar-refractivity contribution in [3.63, 3.8) is 0 Å². The largest absolute Gasteiger partial charge is 0.354 e. The maximum Gasteiger partial charge on any atom is 0.221 e. The molecule has 104 valence electrons. The van der Waals surface area contributed by atoms with Crippen molar-refractivity contribution in [2.45, 2.75) is 31.3 Å². The summed E-state index contributed by atoms with van der Waals surface area (Å²) in [4.78, 5) is 14.2. The molecular weight excluding hydrogens is 238 g/mol. The summed E-state index contributed by atoms with van der Waals surface area (Å²) in [6.07, 6.45) is 2.74. The molecule has 0 bridgehead atoms. The molecule has 4 heteroatoms. The number of likely N-dealkylation sites (tertiary alicyclic amines) is 1. The molecule has 1 aromatic carbocycles. The molecule has 1 saturated heterocycles. The Labute approximate surface area is 115 Å². The molecule has 2 atom stereocenters. The van der Waals surface area contributed by atoms with Gasteiger partial charge in [-0.15, -0.1) is 0 Å². The predicted octanol–water partition coefficient (Wildman–Crippen LogP) is 1.29. The SMILES string of the molecule is CN1CCCC1CNC(=O)CC(N)c1ccccc1. The fourth-order valence-corrected chi connectivity index (χ4v) is 2.56. The molecule has 2 unspecified atom stereocenters. The molecule has 0 spiro atoms. The van der Waals surface area contributed by atoms with Gasteiger partial charge in [-0.1, -0.05) is 30.3 Å². The minimum absolute atomic E-state index is 0.0386. The Balaban J connectivity index is 1.75. The molecule has 0 radical (unpaired) electrons. The van der Waals surface area contributed by atoms with E-state index in [0.717, 1.165) is 18.7 Å². The van der Waals surface area contributed by atoms with E-state index in [2.05, 4.69) is 17.3 Å². The monoisotopic (exact) mass is 261 g/mol. The molecule has 0 aliphatic carbocycles. The summed E-state index contributed by atoms with van der Waals surface area (Å²) < 4.78 is 0. The van der Waals surface area contributed by atoms with Gasteiger partial charge >= 0.3 is 0 Å². The van der Waals surface area contributed by atoms with Gasteiger partial charge in [0.1, 0.15) is 0 Å². The van der Waals surface area contributed by atoms with Crippen molar-refractivity contribution in [2.24, 2.45) is 5.73 Å². The highest BCUT2D eigenvalue weighted by molar-refractivity contribution is 5.76. The molecule has 1 aromatic rings. The number of nitrogens with one attached hydrogen (secondary N) is 1. The molecule has 1 amide bonds. The van der Waals surface area contributed by atoms with Crippen molar-refractivity contribution < 1.29 is 4.79 Å². The standard InChI is InChI=1S/C15H23N3O/c1-18-9-5-8-13(18)11-17-15(19)10-14(16)12-6-3-2-4-7-12/h2-4,6-7,13-14H,5,8-11,16H2,1H3,(H,17,19). The van der Waals surface area contributed by atoms with Crippen LogP contribution in [0.5, 0.6) is 0 Å². The van der Waals surface area contributed by atoms with Crippen LogP contribution in [-0.2, 0) is 4.79 Å². The van der Waals surface area contributed by atoms with E-state index in [0.29, 0.717) is 12.5 Å². The van der Waals surface area contributed by atoms with Gasteiger partial charge in [-0.2, -0.15) is 0 Å². The topological polar surface area (TPSA) is 58.4 Å². The summed E-state index contributed by atoms with van der Waals surface area (Å²) >= 11 is 0. The third kappa shape index (κ3) is 4.04. The van der Waals surface area contributed by atoms with E-state index in [4.69, 9.17) is 5.73 Å². The van der Waals surface area contributed by atoms with Crippen LogP contribution in [-0.4, -0.2) is 37.0 Å². The molecule has 1 aliphatic heterocycles. The zero-order chi connectivity index (χ0) is 13.7. The van der Waals surface area contributed by atoms with Gasteiger partial charge in [0, 0.05) is 25.0 Å². The highest BCUT2D eigenvalue weighted by atomic mass is 16.1. The van der Waals surface area contributed by atoms with E-state index in [1.807, 2.05) is 30.3 Å². The van der Waals surface area contributed by atoms with E-state index in [1.54, 1.807) is 0 Å². The molecule has 1 aliphatic rings. The zero-order valence-corrected chi connectivity index (χ0v) is 11.5. The number of nitrogens with zero attached hydrogens (tertiary/aromatic N) is 1. The molecule has 3 N–H and O–H groups in total. The first-order valence-corrected chi connectivity index (χ1v) is 6.94. The number of hydrogen-bond acceptors (Lipinski definition) is 3. The van der Waals surface area contributed by atoms with Gasteiger partial charge in [0.15, 0.2) is 0 Å². The van der Waals surface area contributed by atoms with Crippen LogP contribution in [0.25, 0.3) is 0 Å². The summed E-state index contributed by atoms with van der Waals surface area (Å²) in [5, 5.41) is 3.00. The first-order chi connectivity index (χ1) is 9.16. The molecule has 4 nitrogen and oxygen atoms in total. The normalized spacial score (nSPS) is 21.3. The Morgan fingerprint density at radius 1 is 1.47 bits per heavy atom. The first-order valence-electron chi connectivity index (χ1n) is 6.94. The number of hydrogen-bond donors (Lipinski definition) is 2. The quantitative estimate of drug-likeness (QED) is 0.839. The van der Waals surface area contributed by atoms with Crippen molar-refractivity contribution in [2.75, 3.05) is 20.1 Å².